The summed E-state index contributed by atoms with van der Waals surface area (Å²) in [5.41, 5.74) is 0. The summed E-state index contributed by atoms with van der Waals surface area (Å²) in [6.07, 6.45) is 6.62. The number of hydrogen-bond donors (Lipinski definition) is 0. The Bertz CT molecular complexity index is 143. The maximum absolute atomic E-state index is 10.8. The Hall–Kier alpha value is -0.0600. The van der Waals surface area contributed by atoms with Crippen LogP contribution < -0.4 is 0 Å². The highest BCUT2D eigenvalue weighted by Crippen LogP contribution is 1.99. The van der Waals surface area contributed by atoms with E-state index in [1.165, 1.54) is 0 Å². The molecule has 12 heavy (non-hydrogen) atoms. The molecule has 0 saturated heterocycles. The molecule has 0 spiro atoms. The van der Waals surface area contributed by atoms with Gasteiger partial charge in [0.15, 0.2) is 0 Å². The number of unbranched alkanes of at least 4 members (excludes halogenated alkanes) is 1. The van der Waals surface area contributed by atoms with Crippen LogP contribution in [0.2, 0.25) is 0 Å². The average molecular weight is 282 g/mol. The number of allylic oxidation sites excluding steroid dienone is 2. The molecule has 0 aliphatic heterocycles. The number of carbonyl (C=O) groups excluding carboxylic acids is 1. The first kappa shape index (κ1) is 11.9. The van der Waals surface area contributed by atoms with Gasteiger partial charge in [0.25, 0.3) is 0 Å². The van der Waals surface area contributed by atoms with E-state index in [4.69, 9.17) is 4.74 Å². The molecule has 0 N–H and O–H groups in total. The van der Waals surface area contributed by atoms with Crippen molar-refractivity contribution in [1.29, 1.82) is 0 Å². The smallest absolute Gasteiger partial charge is 0.305 e. The van der Waals surface area contributed by atoms with Crippen LogP contribution in [-0.2, 0) is 9.53 Å². The summed E-state index contributed by atoms with van der Waals surface area (Å²) < 4.78 is 5.82. The molecule has 0 amide bonds. The molecule has 0 unspecified atom stereocenters. The van der Waals surface area contributed by atoms with Crippen molar-refractivity contribution < 1.29 is 9.53 Å². The van der Waals surface area contributed by atoms with Crippen LogP contribution in [0.25, 0.3) is 0 Å². The zero-order chi connectivity index (χ0) is 9.23. The Balaban J connectivity index is 3.19. The van der Waals surface area contributed by atoms with Gasteiger partial charge in [-0.1, -0.05) is 34.7 Å². The van der Waals surface area contributed by atoms with Gasteiger partial charge in [-0.3, -0.25) is 4.79 Å². The Labute approximate surface area is 87.5 Å². The van der Waals surface area contributed by atoms with E-state index >= 15 is 0 Å². The molecule has 3 heteroatoms. The number of carbonyl (C=O) groups is 1. The molecule has 0 saturated carbocycles. The van der Waals surface area contributed by atoms with Crippen LogP contribution in [0.3, 0.4) is 0 Å². The van der Waals surface area contributed by atoms with Crippen molar-refractivity contribution in [2.75, 3.05) is 11.0 Å². The molecule has 0 bridgehead atoms. The second-order valence-electron chi connectivity index (χ2n) is 2.32. The highest BCUT2D eigenvalue weighted by Gasteiger charge is 1.98. The molecule has 0 aromatic rings. The standard InChI is InChI=1S/C9H15IO2/c1-2-12-9(11)7-5-3-4-6-8-10/h4,6H,2-3,5,7-8H2,1H3. The van der Waals surface area contributed by atoms with Crippen LogP contribution in [0.4, 0.5) is 0 Å². The molecule has 0 aromatic carbocycles. The second kappa shape index (κ2) is 9.03. The molecule has 2 nitrogen and oxygen atoms in total. The normalized spacial score (nSPS) is 10.5. The van der Waals surface area contributed by atoms with E-state index in [2.05, 4.69) is 34.7 Å². The van der Waals surface area contributed by atoms with E-state index in [9.17, 15) is 4.79 Å². The van der Waals surface area contributed by atoms with Crippen LogP contribution in [0, 0.1) is 0 Å². The Morgan fingerprint density at radius 3 is 2.83 bits per heavy atom. The molecule has 0 aliphatic carbocycles. The molecule has 0 aromatic heterocycles. The maximum Gasteiger partial charge on any atom is 0.305 e. The van der Waals surface area contributed by atoms with Crippen LogP contribution in [0.1, 0.15) is 26.2 Å². The van der Waals surface area contributed by atoms with Crippen molar-refractivity contribution in [3.05, 3.63) is 12.2 Å². The minimum Gasteiger partial charge on any atom is -0.466 e. The van der Waals surface area contributed by atoms with Crippen molar-refractivity contribution >= 4 is 28.6 Å². The molecule has 0 radical (unpaired) electrons. The topological polar surface area (TPSA) is 26.3 Å². The fraction of sp³-hybridized carbons (Fsp3) is 0.667. The lowest BCUT2D eigenvalue weighted by molar-refractivity contribution is -0.143. The summed E-state index contributed by atoms with van der Waals surface area (Å²) in [5, 5.41) is 0. The lowest BCUT2D eigenvalue weighted by Crippen LogP contribution is -2.02. The molecular formula is C9H15IO2. The largest absolute Gasteiger partial charge is 0.466 e. The second-order valence-corrected chi connectivity index (χ2v) is 3.20. The summed E-state index contributed by atoms with van der Waals surface area (Å²) in [6.45, 7) is 2.32. The highest BCUT2D eigenvalue weighted by atomic mass is 127. The van der Waals surface area contributed by atoms with Gasteiger partial charge in [0, 0.05) is 10.8 Å². The fourth-order valence-electron chi connectivity index (χ4n) is 0.778. The van der Waals surface area contributed by atoms with Crippen LogP contribution >= 0.6 is 22.6 Å². The lowest BCUT2D eigenvalue weighted by atomic mass is 10.2. The third kappa shape index (κ3) is 8.04. The van der Waals surface area contributed by atoms with Gasteiger partial charge in [0.05, 0.1) is 6.61 Å². The molecule has 0 atom stereocenters. The van der Waals surface area contributed by atoms with Gasteiger partial charge >= 0.3 is 5.97 Å². The quantitative estimate of drug-likeness (QED) is 0.246. The van der Waals surface area contributed by atoms with E-state index in [1.54, 1.807) is 0 Å². The van der Waals surface area contributed by atoms with Gasteiger partial charge in [0.2, 0.25) is 0 Å². The van der Waals surface area contributed by atoms with E-state index in [0.717, 1.165) is 17.3 Å². The van der Waals surface area contributed by atoms with E-state index < -0.39 is 0 Å². The van der Waals surface area contributed by atoms with E-state index in [1.807, 2.05) is 6.92 Å². The van der Waals surface area contributed by atoms with Gasteiger partial charge in [-0.2, -0.15) is 0 Å². The van der Waals surface area contributed by atoms with Gasteiger partial charge in [-0.05, 0) is 19.8 Å². The number of ether oxygens (including phenoxy) is 1. The Kier molecular flexibility index (Phi) is 8.99. The van der Waals surface area contributed by atoms with Gasteiger partial charge in [0.1, 0.15) is 0 Å². The van der Waals surface area contributed by atoms with Crippen molar-refractivity contribution in [1.82, 2.24) is 0 Å². The molecule has 0 aliphatic rings. The fourth-order valence-corrected chi connectivity index (χ4v) is 1.14. The first-order valence-corrected chi connectivity index (χ1v) is 5.70. The summed E-state index contributed by atoms with van der Waals surface area (Å²) in [5.74, 6) is -0.0830. The van der Waals surface area contributed by atoms with E-state index in [-0.39, 0.29) is 5.97 Å². The SMILES string of the molecule is CCOC(=O)CCCC=CCI. The van der Waals surface area contributed by atoms with Crippen molar-refractivity contribution in [3.63, 3.8) is 0 Å². The minimum absolute atomic E-state index is 0.0830. The van der Waals surface area contributed by atoms with Crippen LogP contribution in [-0.4, -0.2) is 17.0 Å². The zero-order valence-corrected chi connectivity index (χ0v) is 9.54. The Morgan fingerprint density at radius 2 is 2.25 bits per heavy atom. The van der Waals surface area contributed by atoms with Crippen LogP contribution in [0.15, 0.2) is 12.2 Å². The Morgan fingerprint density at radius 1 is 1.50 bits per heavy atom. The predicted molar refractivity (Wildman–Crippen MR) is 58.5 cm³/mol. The van der Waals surface area contributed by atoms with Crippen molar-refractivity contribution in [3.8, 4) is 0 Å². The molecular weight excluding hydrogens is 267 g/mol. The van der Waals surface area contributed by atoms with Gasteiger partial charge in [-0.15, -0.1) is 0 Å². The first-order valence-electron chi connectivity index (χ1n) is 4.17. The highest BCUT2D eigenvalue weighted by molar-refractivity contribution is 14.1. The number of rotatable bonds is 6. The third-order valence-electron chi connectivity index (χ3n) is 1.31. The molecule has 0 rings (SSSR count). The number of halogens is 1. The molecule has 70 valence electrons. The maximum atomic E-state index is 10.8. The first-order chi connectivity index (χ1) is 5.81. The lowest BCUT2D eigenvalue weighted by Gasteiger charge is -1.98. The zero-order valence-electron chi connectivity index (χ0n) is 7.38. The van der Waals surface area contributed by atoms with Gasteiger partial charge in [-0.25, -0.2) is 0 Å². The van der Waals surface area contributed by atoms with Crippen molar-refractivity contribution in [2.45, 2.75) is 26.2 Å². The minimum atomic E-state index is -0.0830. The van der Waals surface area contributed by atoms with Crippen molar-refractivity contribution in [2.24, 2.45) is 0 Å². The number of alkyl halides is 1. The monoisotopic (exact) mass is 282 g/mol. The van der Waals surface area contributed by atoms with E-state index in [0.29, 0.717) is 13.0 Å². The molecule has 0 fully saturated rings. The summed E-state index contributed by atoms with van der Waals surface area (Å²) >= 11 is 2.29. The number of hydrogen-bond acceptors (Lipinski definition) is 2. The third-order valence-corrected chi connectivity index (χ3v) is 1.82. The summed E-state index contributed by atoms with van der Waals surface area (Å²) in [6, 6.07) is 0. The average Bonchev–Trinajstić information content (AvgIpc) is 2.05. The number of esters is 1. The predicted octanol–water partition coefficient (Wildman–Crippen LogP) is 2.71. The van der Waals surface area contributed by atoms with Crippen LogP contribution in [0.5, 0.6) is 0 Å². The summed E-state index contributed by atoms with van der Waals surface area (Å²) in [7, 11) is 0. The summed E-state index contributed by atoms with van der Waals surface area (Å²) in [4.78, 5) is 10.8. The van der Waals surface area contributed by atoms with Gasteiger partial charge < -0.3 is 4.74 Å². The molecule has 0 heterocycles.